The van der Waals surface area contributed by atoms with Gasteiger partial charge in [-0.15, -0.1) is 0 Å². The van der Waals surface area contributed by atoms with Crippen molar-refractivity contribution in [3.05, 3.63) is 89.4 Å². The van der Waals surface area contributed by atoms with Crippen LogP contribution in [0.2, 0.25) is 5.02 Å². The molecule has 0 saturated carbocycles. The summed E-state index contributed by atoms with van der Waals surface area (Å²) in [5.41, 5.74) is 6.92. The minimum Gasteiger partial charge on any atom is -0.483 e. The summed E-state index contributed by atoms with van der Waals surface area (Å²) in [7, 11) is 0. The number of benzene rings is 3. The minimum absolute atomic E-state index is 0.239. The summed E-state index contributed by atoms with van der Waals surface area (Å²) in [6.45, 7) is 0.665. The van der Waals surface area contributed by atoms with Crippen LogP contribution in [-0.2, 0) is 19.7 Å². The summed E-state index contributed by atoms with van der Waals surface area (Å²) in [5, 5.41) is 0.556. The Morgan fingerprint density at radius 3 is 2.39 bits per heavy atom. The molecule has 1 heterocycles. The molecule has 0 bridgehead atoms. The topological polar surface area (TPSA) is 76.7 Å². The van der Waals surface area contributed by atoms with Crippen LogP contribution >= 0.6 is 11.6 Å². The van der Waals surface area contributed by atoms with Gasteiger partial charge in [0.25, 0.3) is 5.91 Å². The highest BCUT2D eigenvalue weighted by molar-refractivity contribution is 6.30. The number of para-hydroxylation sites is 1. The van der Waals surface area contributed by atoms with Gasteiger partial charge < -0.3 is 9.47 Å². The number of hydrogen-bond donors (Lipinski definition) is 2. The molecule has 0 unspecified atom stereocenters. The standard InChI is InChI=1S/C26H25ClN2O4/c27-21-10-6-9-20(17-21)26(13-15-32-16-14-26)25(31)29-28-24(30)18-33-23-12-5-4-11-22(23)19-7-2-1-3-8-19/h1-12,17H,13-16,18H2,(H,28,30)(H,29,31). The molecule has 2 amide bonds. The lowest BCUT2D eigenvalue weighted by Crippen LogP contribution is -2.54. The average molecular weight is 465 g/mol. The van der Waals surface area contributed by atoms with E-state index in [1.165, 1.54) is 0 Å². The van der Waals surface area contributed by atoms with Gasteiger partial charge in [-0.3, -0.25) is 20.4 Å². The first kappa shape index (κ1) is 22.8. The number of hydrogen-bond acceptors (Lipinski definition) is 4. The van der Waals surface area contributed by atoms with Crippen LogP contribution < -0.4 is 15.6 Å². The van der Waals surface area contributed by atoms with Crippen LogP contribution in [0, 0.1) is 0 Å². The summed E-state index contributed by atoms with van der Waals surface area (Å²) < 4.78 is 11.2. The Morgan fingerprint density at radius 1 is 0.909 bits per heavy atom. The highest BCUT2D eigenvalue weighted by Gasteiger charge is 2.42. The zero-order valence-corrected chi connectivity index (χ0v) is 18.8. The third-order valence-corrected chi connectivity index (χ3v) is 6.04. The van der Waals surface area contributed by atoms with E-state index in [-0.39, 0.29) is 12.5 Å². The van der Waals surface area contributed by atoms with E-state index in [1.54, 1.807) is 12.1 Å². The SMILES string of the molecule is O=C(COc1ccccc1-c1ccccc1)NNC(=O)C1(c2cccc(Cl)c2)CCOCC1. The maximum atomic E-state index is 13.2. The molecule has 1 aliphatic heterocycles. The molecule has 1 fully saturated rings. The van der Waals surface area contributed by atoms with Crippen molar-refractivity contribution in [2.75, 3.05) is 19.8 Å². The van der Waals surface area contributed by atoms with E-state index in [0.29, 0.717) is 36.8 Å². The first-order chi connectivity index (χ1) is 16.1. The number of nitrogens with one attached hydrogen (secondary N) is 2. The summed E-state index contributed by atoms with van der Waals surface area (Å²) in [6, 6.07) is 24.5. The Hall–Kier alpha value is -3.35. The van der Waals surface area contributed by atoms with Gasteiger partial charge in [-0.1, -0.05) is 72.3 Å². The summed E-state index contributed by atoms with van der Waals surface area (Å²) in [5.74, 6) is -0.171. The lowest BCUT2D eigenvalue weighted by Gasteiger charge is -2.36. The largest absolute Gasteiger partial charge is 0.483 e. The first-order valence-electron chi connectivity index (χ1n) is 10.8. The monoisotopic (exact) mass is 464 g/mol. The zero-order valence-electron chi connectivity index (χ0n) is 18.1. The molecule has 0 aromatic heterocycles. The van der Waals surface area contributed by atoms with E-state index < -0.39 is 11.3 Å². The van der Waals surface area contributed by atoms with Crippen molar-refractivity contribution in [1.82, 2.24) is 10.9 Å². The molecule has 33 heavy (non-hydrogen) atoms. The molecule has 4 rings (SSSR count). The predicted octanol–water partition coefficient (Wildman–Crippen LogP) is 4.28. The van der Waals surface area contributed by atoms with E-state index in [0.717, 1.165) is 16.7 Å². The second-order valence-electron chi connectivity index (χ2n) is 7.86. The third-order valence-electron chi connectivity index (χ3n) is 5.80. The average Bonchev–Trinajstić information content (AvgIpc) is 2.87. The van der Waals surface area contributed by atoms with Crippen molar-refractivity contribution in [1.29, 1.82) is 0 Å². The Kier molecular flexibility index (Phi) is 7.27. The quantitative estimate of drug-likeness (QED) is 0.534. The van der Waals surface area contributed by atoms with Crippen molar-refractivity contribution in [2.45, 2.75) is 18.3 Å². The van der Waals surface area contributed by atoms with Crippen molar-refractivity contribution in [3.63, 3.8) is 0 Å². The fourth-order valence-corrected chi connectivity index (χ4v) is 4.22. The smallest absolute Gasteiger partial charge is 0.276 e. The molecular weight excluding hydrogens is 440 g/mol. The highest BCUT2D eigenvalue weighted by atomic mass is 35.5. The molecule has 1 aliphatic rings. The van der Waals surface area contributed by atoms with Gasteiger partial charge >= 0.3 is 0 Å². The van der Waals surface area contributed by atoms with E-state index in [1.807, 2.05) is 66.7 Å². The number of carbonyl (C=O) groups excluding carboxylic acids is 2. The number of amides is 2. The Balaban J connectivity index is 1.39. The number of rotatable bonds is 6. The lowest BCUT2D eigenvalue weighted by molar-refractivity contribution is -0.135. The summed E-state index contributed by atoms with van der Waals surface area (Å²) in [6.07, 6.45) is 0.992. The van der Waals surface area contributed by atoms with Crippen molar-refractivity contribution in [2.24, 2.45) is 0 Å². The molecule has 0 atom stereocenters. The minimum atomic E-state index is -0.822. The zero-order chi connectivity index (χ0) is 23.1. The molecule has 2 N–H and O–H groups in total. The van der Waals surface area contributed by atoms with Crippen LogP contribution in [0.1, 0.15) is 18.4 Å². The summed E-state index contributed by atoms with van der Waals surface area (Å²) in [4.78, 5) is 25.6. The molecule has 170 valence electrons. The fraction of sp³-hybridized carbons (Fsp3) is 0.231. The van der Waals surface area contributed by atoms with Crippen LogP contribution in [0.3, 0.4) is 0 Å². The molecule has 0 spiro atoms. The maximum Gasteiger partial charge on any atom is 0.276 e. The molecule has 3 aromatic rings. The fourth-order valence-electron chi connectivity index (χ4n) is 4.03. The van der Waals surface area contributed by atoms with Crippen LogP contribution in [0.5, 0.6) is 5.75 Å². The number of halogens is 1. The van der Waals surface area contributed by atoms with E-state index in [9.17, 15) is 9.59 Å². The van der Waals surface area contributed by atoms with Gasteiger partial charge in [0, 0.05) is 23.8 Å². The van der Waals surface area contributed by atoms with Crippen molar-refractivity contribution >= 4 is 23.4 Å². The normalized spacial score (nSPS) is 14.8. The first-order valence-corrected chi connectivity index (χ1v) is 11.2. The Labute approximate surface area is 197 Å². The molecule has 1 saturated heterocycles. The van der Waals surface area contributed by atoms with Gasteiger partial charge in [-0.2, -0.15) is 0 Å². The molecular formula is C26H25ClN2O4. The Bertz CT molecular complexity index is 1110. The Morgan fingerprint density at radius 2 is 1.64 bits per heavy atom. The van der Waals surface area contributed by atoms with Crippen LogP contribution in [0.4, 0.5) is 0 Å². The van der Waals surface area contributed by atoms with Gasteiger partial charge in [0.1, 0.15) is 5.75 Å². The van der Waals surface area contributed by atoms with Gasteiger partial charge in [0.05, 0.1) is 5.41 Å². The van der Waals surface area contributed by atoms with Crippen LogP contribution in [0.15, 0.2) is 78.9 Å². The second-order valence-corrected chi connectivity index (χ2v) is 8.29. The molecule has 0 aliphatic carbocycles. The van der Waals surface area contributed by atoms with Crippen LogP contribution in [0.25, 0.3) is 11.1 Å². The van der Waals surface area contributed by atoms with Crippen molar-refractivity contribution < 1.29 is 19.1 Å². The van der Waals surface area contributed by atoms with Crippen LogP contribution in [-0.4, -0.2) is 31.6 Å². The van der Waals surface area contributed by atoms with Crippen molar-refractivity contribution in [3.8, 4) is 16.9 Å². The second kappa shape index (κ2) is 10.5. The molecule has 6 nitrogen and oxygen atoms in total. The molecule has 3 aromatic carbocycles. The number of carbonyl (C=O) groups is 2. The summed E-state index contributed by atoms with van der Waals surface area (Å²) >= 11 is 6.17. The van der Waals surface area contributed by atoms with Gasteiger partial charge in [-0.05, 0) is 42.2 Å². The highest BCUT2D eigenvalue weighted by Crippen LogP contribution is 2.36. The van der Waals surface area contributed by atoms with E-state index in [4.69, 9.17) is 21.1 Å². The third kappa shape index (κ3) is 5.35. The maximum absolute atomic E-state index is 13.2. The van der Waals surface area contributed by atoms with E-state index >= 15 is 0 Å². The van der Waals surface area contributed by atoms with Gasteiger partial charge in [-0.25, -0.2) is 0 Å². The number of hydrazine groups is 1. The molecule has 7 heteroatoms. The predicted molar refractivity (Wildman–Crippen MR) is 127 cm³/mol. The molecule has 0 radical (unpaired) electrons. The number of ether oxygens (including phenoxy) is 2. The van der Waals surface area contributed by atoms with Gasteiger partial charge in [0.15, 0.2) is 6.61 Å². The lowest BCUT2D eigenvalue weighted by atomic mass is 9.73. The van der Waals surface area contributed by atoms with E-state index in [2.05, 4.69) is 10.9 Å². The van der Waals surface area contributed by atoms with Gasteiger partial charge in [0.2, 0.25) is 5.91 Å².